The van der Waals surface area contributed by atoms with Crippen LogP contribution in [-0.4, -0.2) is 27.6 Å². The lowest BCUT2D eigenvalue weighted by Crippen LogP contribution is -2.43. The molecule has 1 aliphatic rings. The molecule has 25 heavy (non-hydrogen) atoms. The van der Waals surface area contributed by atoms with Crippen molar-refractivity contribution in [1.82, 2.24) is 9.38 Å². The Balaban J connectivity index is 1.57. The molecule has 1 N–H and O–H groups in total. The van der Waals surface area contributed by atoms with E-state index in [1.165, 1.54) is 4.40 Å². The van der Waals surface area contributed by atoms with Crippen LogP contribution >= 0.6 is 11.6 Å². The van der Waals surface area contributed by atoms with E-state index in [4.69, 9.17) is 11.6 Å². The first-order valence-electron chi connectivity index (χ1n) is 8.27. The average molecular weight is 356 g/mol. The number of aromatic nitrogens is 2. The Kier molecular flexibility index (Phi) is 3.98. The number of piperidine rings is 1. The van der Waals surface area contributed by atoms with Gasteiger partial charge in [-0.15, -0.1) is 0 Å². The Morgan fingerprint density at radius 2 is 1.80 bits per heavy atom. The first kappa shape index (κ1) is 16.1. The molecular formula is C19H18ClN3O2. The highest BCUT2D eigenvalue weighted by atomic mass is 35.5. The molecule has 5 nitrogen and oxygen atoms in total. The fourth-order valence-electron chi connectivity index (χ4n) is 3.36. The summed E-state index contributed by atoms with van der Waals surface area (Å²) in [5.74, 6) is 0.661. The van der Waals surface area contributed by atoms with E-state index < -0.39 is 5.60 Å². The van der Waals surface area contributed by atoms with E-state index in [1.54, 1.807) is 24.4 Å². The summed E-state index contributed by atoms with van der Waals surface area (Å²) in [6.07, 6.45) is 2.86. The van der Waals surface area contributed by atoms with Gasteiger partial charge in [0.25, 0.3) is 5.56 Å². The number of hydrogen-bond donors (Lipinski definition) is 1. The highest BCUT2D eigenvalue weighted by Crippen LogP contribution is 2.34. The Morgan fingerprint density at radius 3 is 2.52 bits per heavy atom. The molecule has 1 fully saturated rings. The number of hydrogen-bond acceptors (Lipinski definition) is 4. The molecule has 3 aromatic rings. The van der Waals surface area contributed by atoms with Crippen LogP contribution in [0.1, 0.15) is 18.4 Å². The summed E-state index contributed by atoms with van der Waals surface area (Å²) in [5.41, 5.74) is 0.540. The third-order valence-electron chi connectivity index (χ3n) is 4.85. The van der Waals surface area contributed by atoms with E-state index in [0.29, 0.717) is 42.4 Å². The molecule has 0 spiro atoms. The van der Waals surface area contributed by atoms with Gasteiger partial charge in [0.1, 0.15) is 11.5 Å². The number of fused-ring (bicyclic) bond motifs is 1. The quantitative estimate of drug-likeness (QED) is 0.768. The molecule has 0 unspecified atom stereocenters. The van der Waals surface area contributed by atoms with Gasteiger partial charge >= 0.3 is 0 Å². The van der Waals surface area contributed by atoms with E-state index >= 15 is 0 Å². The Hall–Kier alpha value is -2.37. The maximum Gasteiger partial charge on any atom is 0.259 e. The first-order valence-corrected chi connectivity index (χ1v) is 8.65. The summed E-state index contributed by atoms with van der Waals surface area (Å²) in [7, 11) is 0. The molecule has 1 aromatic carbocycles. The van der Waals surface area contributed by atoms with E-state index in [9.17, 15) is 9.90 Å². The van der Waals surface area contributed by atoms with Crippen molar-refractivity contribution in [2.24, 2.45) is 0 Å². The van der Waals surface area contributed by atoms with Crippen LogP contribution in [0, 0.1) is 0 Å². The first-order chi connectivity index (χ1) is 12.0. The predicted molar refractivity (Wildman–Crippen MR) is 98.3 cm³/mol. The van der Waals surface area contributed by atoms with Crippen molar-refractivity contribution in [2.75, 3.05) is 18.0 Å². The van der Waals surface area contributed by atoms with Crippen molar-refractivity contribution in [3.63, 3.8) is 0 Å². The standard InChI is InChI=1S/C19H18ClN3O2/c20-15-6-4-14(5-7-15)19(25)8-11-22(12-9-19)17-13-18(24)23-10-2-1-3-16(23)21-17/h1-7,10,13,25H,8-9,11-12H2. The van der Waals surface area contributed by atoms with Crippen molar-refractivity contribution in [3.05, 3.63) is 75.7 Å². The zero-order valence-electron chi connectivity index (χ0n) is 13.6. The van der Waals surface area contributed by atoms with Gasteiger partial charge in [-0.1, -0.05) is 29.8 Å². The Morgan fingerprint density at radius 1 is 1.08 bits per heavy atom. The normalized spacial score (nSPS) is 17.0. The predicted octanol–water partition coefficient (Wildman–Crippen LogP) is 2.84. The van der Waals surface area contributed by atoms with Gasteiger partial charge in [-0.2, -0.15) is 0 Å². The van der Waals surface area contributed by atoms with Gasteiger partial charge < -0.3 is 10.0 Å². The highest BCUT2D eigenvalue weighted by Gasteiger charge is 2.34. The lowest BCUT2D eigenvalue weighted by molar-refractivity contribution is 0.0117. The third-order valence-corrected chi connectivity index (χ3v) is 5.11. The second-order valence-electron chi connectivity index (χ2n) is 6.41. The van der Waals surface area contributed by atoms with Crippen molar-refractivity contribution in [2.45, 2.75) is 18.4 Å². The van der Waals surface area contributed by atoms with Gasteiger partial charge in [0.05, 0.1) is 5.60 Å². The zero-order valence-corrected chi connectivity index (χ0v) is 14.4. The third kappa shape index (κ3) is 3.01. The summed E-state index contributed by atoms with van der Waals surface area (Å²) in [5, 5.41) is 11.6. The van der Waals surface area contributed by atoms with Gasteiger partial charge in [-0.05, 0) is 42.7 Å². The van der Waals surface area contributed by atoms with E-state index in [2.05, 4.69) is 9.88 Å². The SMILES string of the molecule is O=c1cc(N2CCC(O)(c3ccc(Cl)cc3)CC2)nc2ccccn12. The summed E-state index contributed by atoms with van der Waals surface area (Å²) in [6, 6.07) is 14.4. The van der Waals surface area contributed by atoms with Gasteiger partial charge in [-0.25, -0.2) is 4.98 Å². The van der Waals surface area contributed by atoms with Crippen molar-refractivity contribution < 1.29 is 5.11 Å². The minimum absolute atomic E-state index is 0.0980. The Labute approximate surface area is 150 Å². The maximum atomic E-state index is 12.3. The van der Waals surface area contributed by atoms with Crippen molar-refractivity contribution in [3.8, 4) is 0 Å². The molecule has 0 radical (unpaired) electrons. The minimum atomic E-state index is -0.868. The highest BCUT2D eigenvalue weighted by molar-refractivity contribution is 6.30. The second-order valence-corrected chi connectivity index (χ2v) is 6.84. The number of pyridine rings is 1. The molecular weight excluding hydrogens is 338 g/mol. The van der Waals surface area contributed by atoms with E-state index in [0.717, 1.165) is 5.56 Å². The molecule has 0 bridgehead atoms. The second kappa shape index (κ2) is 6.17. The summed E-state index contributed by atoms with van der Waals surface area (Å²) in [6.45, 7) is 1.27. The number of nitrogens with zero attached hydrogens (tertiary/aromatic N) is 3. The van der Waals surface area contributed by atoms with Gasteiger partial charge in [0.15, 0.2) is 0 Å². The zero-order chi connectivity index (χ0) is 17.4. The van der Waals surface area contributed by atoms with Gasteiger partial charge in [0, 0.05) is 30.4 Å². The van der Waals surface area contributed by atoms with Crippen LogP contribution in [0.5, 0.6) is 0 Å². The maximum absolute atomic E-state index is 12.3. The molecule has 3 heterocycles. The molecule has 2 aromatic heterocycles. The molecule has 1 aliphatic heterocycles. The summed E-state index contributed by atoms with van der Waals surface area (Å²) < 4.78 is 1.53. The molecule has 0 atom stereocenters. The molecule has 0 amide bonds. The smallest absolute Gasteiger partial charge is 0.259 e. The van der Waals surface area contributed by atoms with Crippen molar-refractivity contribution >= 4 is 23.1 Å². The lowest BCUT2D eigenvalue weighted by atomic mass is 9.84. The van der Waals surface area contributed by atoms with Crippen LogP contribution in [-0.2, 0) is 5.60 Å². The largest absolute Gasteiger partial charge is 0.385 e. The van der Waals surface area contributed by atoms with Crippen LogP contribution < -0.4 is 10.5 Å². The fraction of sp³-hybridized carbons (Fsp3) is 0.263. The van der Waals surface area contributed by atoms with Crippen LogP contribution in [0.15, 0.2) is 59.5 Å². The van der Waals surface area contributed by atoms with Crippen LogP contribution in [0.25, 0.3) is 5.65 Å². The topological polar surface area (TPSA) is 57.8 Å². The molecule has 0 aliphatic carbocycles. The van der Waals surface area contributed by atoms with Crippen LogP contribution in [0.3, 0.4) is 0 Å². The number of aliphatic hydroxyl groups is 1. The van der Waals surface area contributed by atoms with E-state index in [1.807, 2.05) is 30.3 Å². The molecule has 0 saturated carbocycles. The molecule has 1 saturated heterocycles. The minimum Gasteiger partial charge on any atom is -0.385 e. The van der Waals surface area contributed by atoms with Crippen molar-refractivity contribution in [1.29, 1.82) is 0 Å². The molecule has 128 valence electrons. The van der Waals surface area contributed by atoms with Crippen LogP contribution in [0.4, 0.5) is 5.82 Å². The summed E-state index contributed by atoms with van der Waals surface area (Å²) >= 11 is 5.93. The number of rotatable bonds is 2. The fourth-order valence-corrected chi connectivity index (χ4v) is 3.48. The number of anilines is 1. The van der Waals surface area contributed by atoms with Gasteiger partial charge in [0.2, 0.25) is 0 Å². The number of benzene rings is 1. The van der Waals surface area contributed by atoms with Gasteiger partial charge in [-0.3, -0.25) is 9.20 Å². The lowest BCUT2D eigenvalue weighted by Gasteiger charge is -2.39. The monoisotopic (exact) mass is 355 g/mol. The average Bonchev–Trinajstić information content (AvgIpc) is 2.63. The van der Waals surface area contributed by atoms with E-state index in [-0.39, 0.29) is 5.56 Å². The molecule has 6 heteroatoms. The Bertz CT molecular complexity index is 960. The number of halogens is 1. The summed E-state index contributed by atoms with van der Waals surface area (Å²) in [4.78, 5) is 18.9. The van der Waals surface area contributed by atoms with Crippen LogP contribution in [0.2, 0.25) is 5.02 Å². The molecule has 4 rings (SSSR count).